The number of nitrogens with zero attached hydrogens (tertiary/aromatic N) is 2. The number of rotatable bonds is 4. The first-order valence-electron chi connectivity index (χ1n) is 6.43. The lowest BCUT2D eigenvalue weighted by atomic mass is 10.1. The molecule has 0 N–H and O–H groups in total. The third-order valence-electron chi connectivity index (χ3n) is 3.43. The van der Waals surface area contributed by atoms with Crippen molar-refractivity contribution in [3.63, 3.8) is 0 Å². The molecule has 5 heteroatoms. The first kappa shape index (κ1) is 15.1. The SMILES string of the molecule is COc1ccc(C(=O)c2c(Cl)cc(C(C)C#N)n2C)cc1. The molecular formula is C16H15ClN2O2. The first-order chi connectivity index (χ1) is 9.99. The van der Waals surface area contributed by atoms with Crippen molar-refractivity contribution in [1.29, 1.82) is 5.26 Å². The standard InChI is InChI=1S/C16H15ClN2O2/c1-10(9-18)14-8-13(17)15(19(14)2)16(20)11-4-6-12(21-3)7-5-11/h4-8,10H,1-3H3. The van der Waals surface area contributed by atoms with E-state index in [4.69, 9.17) is 21.6 Å². The number of methoxy groups -OCH3 is 1. The summed E-state index contributed by atoms with van der Waals surface area (Å²) in [6, 6.07) is 10.7. The van der Waals surface area contributed by atoms with Crippen LogP contribution < -0.4 is 4.74 Å². The van der Waals surface area contributed by atoms with E-state index in [1.807, 2.05) is 0 Å². The molecule has 0 aliphatic rings. The smallest absolute Gasteiger partial charge is 0.210 e. The van der Waals surface area contributed by atoms with Crippen LogP contribution in [0, 0.1) is 11.3 Å². The van der Waals surface area contributed by atoms with Crippen LogP contribution in [0.25, 0.3) is 0 Å². The fourth-order valence-corrected chi connectivity index (χ4v) is 2.53. The van der Waals surface area contributed by atoms with Crippen molar-refractivity contribution in [3.8, 4) is 11.8 Å². The summed E-state index contributed by atoms with van der Waals surface area (Å²) in [4.78, 5) is 12.6. The third-order valence-corrected chi connectivity index (χ3v) is 3.72. The summed E-state index contributed by atoms with van der Waals surface area (Å²) in [6.07, 6.45) is 0. The lowest BCUT2D eigenvalue weighted by molar-refractivity contribution is 0.103. The van der Waals surface area contributed by atoms with E-state index >= 15 is 0 Å². The quantitative estimate of drug-likeness (QED) is 0.812. The zero-order valence-electron chi connectivity index (χ0n) is 12.1. The second kappa shape index (κ2) is 6.02. The predicted octanol–water partition coefficient (Wildman–Crippen LogP) is 3.55. The van der Waals surface area contributed by atoms with Crippen LogP contribution in [0.4, 0.5) is 0 Å². The number of hydrogen-bond donors (Lipinski definition) is 0. The van der Waals surface area contributed by atoms with E-state index in [0.29, 0.717) is 22.0 Å². The summed E-state index contributed by atoms with van der Waals surface area (Å²) in [5.74, 6) is 0.176. The van der Waals surface area contributed by atoms with E-state index in [1.54, 1.807) is 56.0 Å². The molecule has 1 heterocycles. The fraction of sp³-hybridized carbons (Fsp3) is 0.250. The Labute approximate surface area is 128 Å². The molecule has 1 atom stereocenters. The summed E-state index contributed by atoms with van der Waals surface area (Å²) in [5.41, 5.74) is 1.63. The van der Waals surface area contributed by atoms with Gasteiger partial charge in [0.15, 0.2) is 0 Å². The Bertz CT molecular complexity index is 711. The van der Waals surface area contributed by atoms with Crippen molar-refractivity contribution in [1.82, 2.24) is 4.57 Å². The van der Waals surface area contributed by atoms with Gasteiger partial charge in [-0.3, -0.25) is 4.79 Å². The first-order valence-corrected chi connectivity index (χ1v) is 6.80. The fourth-order valence-electron chi connectivity index (χ4n) is 2.21. The van der Waals surface area contributed by atoms with Crippen molar-refractivity contribution < 1.29 is 9.53 Å². The maximum Gasteiger partial charge on any atom is 0.210 e. The van der Waals surface area contributed by atoms with Gasteiger partial charge in [0.25, 0.3) is 0 Å². The highest BCUT2D eigenvalue weighted by molar-refractivity contribution is 6.34. The van der Waals surface area contributed by atoms with Crippen LogP contribution in [0.15, 0.2) is 30.3 Å². The Morgan fingerprint density at radius 1 is 1.38 bits per heavy atom. The number of aromatic nitrogens is 1. The molecule has 1 aromatic carbocycles. The lowest BCUT2D eigenvalue weighted by Crippen LogP contribution is -2.10. The minimum absolute atomic E-state index is 0.179. The molecule has 108 valence electrons. The Kier molecular flexibility index (Phi) is 4.35. The summed E-state index contributed by atoms with van der Waals surface area (Å²) in [5, 5.41) is 9.38. The largest absolute Gasteiger partial charge is 0.497 e. The van der Waals surface area contributed by atoms with Gasteiger partial charge in [-0.2, -0.15) is 5.26 Å². The molecule has 2 rings (SSSR count). The van der Waals surface area contributed by atoms with E-state index in [1.165, 1.54) is 0 Å². The molecule has 4 nitrogen and oxygen atoms in total. The zero-order chi connectivity index (χ0) is 15.6. The Morgan fingerprint density at radius 2 is 2.00 bits per heavy atom. The molecule has 0 aliphatic carbocycles. The van der Waals surface area contributed by atoms with E-state index in [2.05, 4.69) is 6.07 Å². The average molecular weight is 303 g/mol. The normalized spacial score (nSPS) is 11.8. The third kappa shape index (κ3) is 2.79. The average Bonchev–Trinajstić information content (AvgIpc) is 2.80. The molecule has 0 fully saturated rings. The van der Waals surface area contributed by atoms with Crippen LogP contribution in [0.2, 0.25) is 5.02 Å². The van der Waals surface area contributed by atoms with Crippen LogP contribution in [-0.4, -0.2) is 17.5 Å². The number of ketones is 1. The Hall–Kier alpha value is -2.25. The van der Waals surface area contributed by atoms with Gasteiger partial charge in [0.05, 0.1) is 24.1 Å². The maximum atomic E-state index is 12.6. The van der Waals surface area contributed by atoms with E-state index in [0.717, 1.165) is 5.69 Å². The number of benzene rings is 1. The number of halogens is 1. The van der Waals surface area contributed by atoms with E-state index < -0.39 is 0 Å². The summed E-state index contributed by atoms with van der Waals surface area (Å²) in [6.45, 7) is 1.77. The molecule has 0 saturated carbocycles. The second-order valence-corrected chi connectivity index (χ2v) is 5.14. The molecule has 0 aliphatic heterocycles. The van der Waals surface area contributed by atoms with Gasteiger partial charge in [-0.25, -0.2) is 0 Å². The van der Waals surface area contributed by atoms with Gasteiger partial charge >= 0.3 is 0 Å². The predicted molar refractivity (Wildman–Crippen MR) is 80.9 cm³/mol. The van der Waals surface area contributed by atoms with Crippen LogP contribution >= 0.6 is 11.6 Å². The number of carbonyl (C=O) groups is 1. The van der Waals surface area contributed by atoms with Crippen molar-refractivity contribution in [2.75, 3.05) is 7.11 Å². The van der Waals surface area contributed by atoms with Crippen molar-refractivity contribution in [3.05, 3.63) is 52.3 Å². The monoisotopic (exact) mass is 302 g/mol. The molecule has 21 heavy (non-hydrogen) atoms. The van der Waals surface area contributed by atoms with Crippen molar-refractivity contribution in [2.45, 2.75) is 12.8 Å². The molecule has 1 aromatic heterocycles. The molecule has 0 amide bonds. The molecule has 1 unspecified atom stereocenters. The highest BCUT2D eigenvalue weighted by atomic mass is 35.5. The number of ether oxygens (including phenoxy) is 1. The Morgan fingerprint density at radius 3 is 2.52 bits per heavy atom. The van der Waals surface area contributed by atoms with Crippen LogP contribution in [0.5, 0.6) is 5.75 Å². The molecule has 2 aromatic rings. The minimum atomic E-state index is -0.329. The second-order valence-electron chi connectivity index (χ2n) is 4.73. The van der Waals surface area contributed by atoms with Gasteiger partial charge in [0.1, 0.15) is 11.4 Å². The van der Waals surface area contributed by atoms with Crippen molar-refractivity contribution >= 4 is 17.4 Å². The maximum absolute atomic E-state index is 12.6. The minimum Gasteiger partial charge on any atom is -0.497 e. The summed E-state index contributed by atoms with van der Waals surface area (Å²) >= 11 is 6.18. The topological polar surface area (TPSA) is 55.0 Å². The van der Waals surface area contributed by atoms with Crippen molar-refractivity contribution in [2.24, 2.45) is 7.05 Å². The van der Waals surface area contributed by atoms with E-state index in [-0.39, 0.29) is 11.7 Å². The van der Waals surface area contributed by atoms with Crippen LogP contribution in [-0.2, 0) is 7.05 Å². The highest BCUT2D eigenvalue weighted by Crippen LogP contribution is 2.28. The van der Waals surface area contributed by atoms with Gasteiger partial charge in [-0.1, -0.05) is 11.6 Å². The molecule has 0 saturated heterocycles. The molecule has 0 spiro atoms. The van der Waals surface area contributed by atoms with E-state index in [9.17, 15) is 4.79 Å². The summed E-state index contributed by atoms with van der Waals surface area (Å²) in [7, 11) is 3.31. The zero-order valence-corrected chi connectivity index (χ0v) is 12.8. The van der Waals surface area contributed by atoms with Gasteiger partial charge in [-0.15, -0.1) is 0 Å². The van der Waals surface area contributed by atoms with Crippen LogP contribution in [0.1, 0.15) is 34.6 Å². The molecule has 0 bridgehead atoms. The number of hydrogen-bond acceptors (Lipinski definition) is 3. The highest BCUT2D eigenvalue weighted by Gasteiger charge is 2.22. The van der Waals surface area contributed by atoms with Gasteiger partial charge in [0.2, 0.25) is 5.78 Å². The molecule has 0 radical (unpaired) electrons. The Balaban J connectivity index is 2.44. The van der Waals surface area contributed by atoms with Gasteiger partial charge in [0, 0.05) is 18.3 Å². The number of nitriles is 1. The van der Waals surface area contributed by atoms with Gasteiger partial charge < -0.3 is 9.30 Å². The van der Waals surface area contributed by atoms with Crippen LogP contribution in [0.3, 0.4) is 0 Å². The number of carbonyl (C=O) groups excluding carboxylic acids is 1. The lowest BCUT2D eigenvalue weighted by Gasteiger charge is -2.09. The summed E-state index contributed by atoms with van der Waals surface area (Å²) < 4.78 is 6.76. The van der Waals surface area contributed by atoms with Gasteiger partial charge in [-0.05, 0) is 37.3 Å². The molecular weight excluding hydrogens is 288 g/mol.